The summed E-state index contributed by atoms with van der Waals surface area (Å²) >= 11 is 3.26. The number of nitrogens with one attached hydrogen (secondary N) is 1. The first-order chi connectivity index (χ1) is 6.83. The van der Waals surface area contributed by atoms with Crippen molar-refractivity contribution in [1.82, 2.24) is 5.48 Å². The Morgan fingerprint density at radius 1 is 1.57 bits per heavy atom. The first-order valence-corrected chi connectivity index (χ1v) is 6.07. The van der Waals surface area contributed by atoms with Crippen LogP contribution in [0.3, 0.4) is 0 Å². The number of halogens is 1. The van der Waals surface area contributed by atoms with Crippen LogP contribution in [0.25, 0.3) is 0 Å². The van der Waals surface area contributed by atoms with Crippen LogP contribution in [0.1, 0.15) is 32.1 Å². The van der Waals surface area contributed by atoms with Crippen LogP contribution in [-0.2, 0) is 14.4 Å². The second kappa shape index (κ2) is 7.20. The number of hydrogen-bond donors (Lipinski definition) is 1. The molecule has 1 aliphatic heterocycles. The Bertz CT molecular complexity index is 171. The number of hydroxylamine groups is 1. The molecule has 5 heteroatoms. The smallest absolute Gasteiger partial charge is 0.243 e. The molecule has 14 heavy (non-hydrogen) atoms. The second-order valence-electron chi connectivity index (χ2n) is 3.23. The SMILES string of the molecule is O=C(CCCBr)NOC1CCCCO1. The van der Waals surface area contributed by atoms with Gasteiger partial charge in [-0.05, 0) is 19.3 Å². The number of carbonyl (C=O) groups excluding carboxylic acids is 1. The van der Waals surface area contributed by atoms with E-state index in [0.717, 1.165) is 37.6 Å². The van der Waals surface area contributed by atoms with Gasteiger partial charge < -0.3 is 4.74 Å². The van der Waals surface area contributed by atoms with E-state index in [1.165, 1.54) is 0 Å². The summed E-state index contributed by atoms with van der Waals surface area (Å²) in [6.45, 7) is 0.724. The van der Waals surface area contributed by atoms with E-state index in [2.05, 4.69) is 21.4 Å². The number of amides is 1. The fraction of sp³-hybridized carbons (Fsp3) is 0.889. The molecule has 0 bridgehead atoms. The Morgan fingerprint density at radius 3 is 3.07 bits per heavy atom. The first kappa shape index (κ1) is 11.9. The highest BCUT2D eigenvalue weighted by Gasteiger charge is 2.15. The number of carbonyl (C=O) groups is 1. The van der Waals surface area contributed by atoms with Crippen LogP contribution in [0.15, 0.2) is 0 Å². The van der Waals surface area contributed by atoms with Crippen molar-refractivity contribution in [3.8, 4) is 0 Å². The Labute approximate surface area is 92.4 Å². The molecule has 1 fully saturated rings. The van der Waals surface area contributed by atoms with E-state index in [-0.39, 0.29) is 12.2 Å². The zero-order chi connectivity index (χ0) is 10.2. The minimum absolute atomic E-state index is 0.0846. The summed E-state index contributed by atoms with van der Waals surface area (Å²) in [6.07, 6.45) is 4.09. The summed E-state index contributed by atoms with van der Waals surface area (Å²) in [6, 6.07) is 0. The van der Waals surface area contributed by atoms with Gasteiger partial charge in [-0.3, -0.25) is 4.79 Å². The Morgan fingerprint density at radius 2 is 2.43 bits per heavy atom. The number of alkyl halides is 1. The van der Waals surface area contributed by atoms with Gasteiger partial charge in [0.2, 0.25) is 5.91 Å². The lowest BCUT2D eigenvalue weighted by molar-refractivity contribution is -0.200. The molecule has 82 valence electrons. The summed E-state index contributed by atoms with van der Waals surface area (Å²) in [7, 11) is 0. The molecule has 1 amide bonds. The molecule has 0 radical (unpaired) electrons. The molecule has 0 aromatic rings. The fourth-order valence-electron chi connectivity index (χ4n) is 1.21. The summed E-state index contributed by atoms with van der Waals surface area (Å²) in [4.78, 5) is 16.2. The normalized spacial score (nSPS) is 21.9. The van der Waals surface area contributed by atoms with Crippen LogP contribution in [0.2, 0.25) is 0 Å². The number of hydrogen-bond acceptors (Lipinski definition) is 3. The van der Waals surface area contributed by atoms with Crippen molar-refractivity contribution < 1.29 is 14.4 Å². The average Bonchev–Trinajstić information content (AvgIpc) is 2.25. The largest absolute Gasteiger partial charge is 0.350 e. The van der Waals surface area contributed by atoms with Gasteiger partial charge in [0.15, 0.2) is 6.29 Å². The van der Waals surface area contributed by atoms with Crippen LogP contribution >= 0.6 is 15.9 Å². The van der Waals surface area contributed by atoms with E-state index in [9.17, 15) is 4.79 Å². The van der Waals surface area contributed by atoms with Crippen molar-refractivity contribution in [2.75, 3.05) is 11.9 Å². The number of rotatable bonds is 5. The maximum atomic E-state index is 11.1. The molecule has 1 unspecified atom stereocenters. The monoisotopic (exact) mass is 265 g/mol. The average molecular weight is 266 g/mol. The van der Waals surface area contributed by atoms with Gasteiger partial charge in [0.05, 0.1) is 0 Å². The lowest BCUT2D eigenvalue weighted by Crippen LogP contribution is -2.32. The van der Waals surface area contributed by atoms with Gasteiger partial charge in [-0.25, -0.2) is 10.3 Å². The highest BCUT2D eigenvalue weighted by Crippen LogP contribution is 2.12. The van der Waals surface area contributed by atoms with E-state index in [4.69, 9.17) is 9.57 Å². The Hall–Kier alpha value is -0.130. The molecule has 0 saturated carbocycles. The molecule has 0 spiro atoms. The van der Waals surface area contributed by atoms with Crippen molar-refractivity contribution in [1.29, 1.82) is 0 Å². The van der Waals surface area contributed by atoms with Gasteiger partial charge >= 0.3 is 0 Å². The first-order valence-electron chi connectivity index (χ1n) is 4.95. The lowest BCUT2D eigenvalue weighted by Gasteiger charge is -2.22. The van der Waals surface area contributed by atoms with E-state index < -0.39 is 0 Å². The standard InChI is InChI=1S/C9H16BrNO3/c10-6-3-4-8(12)11-14-9-5-1-2-7-13-9/h9H,1-7H2,(H,11,12). The predicted molar refractivity (Wildman–Crippen MR) is 55.8 cm³/mol. The molecule has 0 aromatic carbocycles. The van der Waals surface area contributed by atoms with Crippen LogP contribution in [0.4, 0.5) is 0 Å². The molecular weight excluding hydrogens is 250 g/mol. The predicted octanol–water partition coefficient (Wildman–Crippen LogP) is 1.74. The fourth-order valence-corrected chi connectivity index (χ4v) is 1.49. The van der Waals surface area contributed by atoms with Crippen LogP contribution < -0.4 is 5.48 Å². The zero-order valence-corrected chi connectivity index (χ0v) is 9.72. The molecule has 1 N–H and O–H groups in total. The molecule has 1 saturated heterocycles. The topological polar surface area (TPSA) is 47.6 Å². The maximum Gasteiger partial charge on any atom is 0.243 e. The third-order valence-electron chi connectivity index (χ3n) is 1.98. The molecule has 0 aliphatic carbocycles. The summed E-state index contributed by atoms with van der Waals surface area (Å²) < 4.78 is 5.29. The summed E-state index contributed by atoms with van der Waals surface area (Å²) in [5.41, 5.74) is 2.40. The number of ether oxygens (including phenoxy) is 1. The molecule has 0 aromatic heterocycles. The van der Waals surface area contributed by atoms with E-state index in [1.807, 2.05) is 0 Å². The van der Waals surface area contributed by atoms with Crippen LogP contribution in [0.5, 0.6) is 0 Å². The van der Waals surface area contributed by atoms with Gasteiger partial charge in [0, 0.05) is 24.8 Å². The quantitative estimate of drug-likeness (QED) is 0.609. The zero-order valence-electron chi connectivity index (χ0n) is 8.13. The van der Waals surface area contributed by atoms with Crippen molar-refractivity contribution in [3.05, 3.63) is 0 Å². The van der Waals surface area contributed by atoms with E-state index in [0.29, 0.717) is 6.42 Å². The third-order valence-corrected chi connectivity index (χ3v) is 2.54. The van der Waals surface area contributed by atoms with Gasteiger partial charge in [0.25, 0.3) is 0 Å². The lowest BCUT2D eigenvalue weighted by atomic mass is 10.2. The van der Waals surface area contributed by atoms with Crippen molar-refractivity contribution in [3.63, 3.8) is 0 Å². The van der Waals surface area contributed by atoms with Gasteiger partial charge in [0.1, 0.15) is 0 Å². The van der Waals surface area contributed by atoms with Crippen LogP contribution in [-0.4, -0.2) is 24.1 Å². The van der Waals surface area contributed by atoms with Crippen LogP contribution in [0, 0.1) is 0 Å². The Kier molecular flexibility index (Phi) is 6.14. The minimum Gasteiger partial charge on any atom is -0.350 e. The molecular formula is C9H16BrNO3. The van der Waals surface area contributed by atoms with Crippen molar-refractivity contribution in [2.24, 2.45) is 0 Å². The van der Waals surface area contributed by atoms with Crippen molar-refractivity contribution in [2.45, 2.75) is 38.4 Å². The molecule has 1 atom stereocenters. The van der Waals surface area contributed by atoms with Gasteiger partial charge in [-0.15, -0.1) is 0 Å². The van der Waals surface area contributed by atoms with Gasteiger partial charge in [-0.2, -0.15) is 0 Å². The highest BCUT2D eigenvalue weighted by atomic mass is 79.9. The maximum absolute atomic E-state index is 11.1. The van der Waals surface area contributed by atoms with Crippen molar-refractivity contribution >= 4 is 21.8 Å². The minimum atomic E-state index is -0.253. The molecule has 1 heterocycles. The highest BCUT2D eigenvalue weighted by molar-refractivity contribution is 9.09. The Balaban J connectivity index is 2.03. The van der Waals surface area contributed by atoms with Gasteiger partial charge in [-0.1, -0.05) is 15.9 Å². The summed E-state index contributed by atoms with van der Waals surface area (Å²) in [5.74, 6) is -0.0846. The third kappa shape index (κ3) is 4.93. The molecule has 1 aliphatic rings. The summed E-state index contributed by atoms with van der Waals surface area (Å²) in [5, 5.41) is 0.834. The van der Waals surface area contributed by atoms with E-state index >= 15 is 0 Å². The second-order valence-corrected chi connectivity index (χ2v) is 4.02. The molecule has 1 rings (SSSR count). The van der Waals surface area contributed by atoms with E-state index in [1.54, 1.807) is 0 Å². The molecule has 4 nitrogen and oxygen atoms in total.